The van der Waals surface area contributed by atoms with Crippen LogP contribution in [0, 0.1) is 17.6 Å². The molecule has 5 nitrogen and oxygen atoms in total. The minimum atomic E-state index is -4.31. The van der Waals surface area contributed by atoms with Gasteiger partial charge in [0.15, 0.2) is 11.6 Å². The predicted octanol–water partition coefficient (Wildman–Crippen LogP) is 2.29. The Balaban J connectivity index is 3.23. The van der Waals surface area contributed by atoms with Crippen LogP contribution in [-0.2, 0) is 19.1 Å². The summed E-state index contributed by atoms with van der Waals surface area (Å²) in [6, 6.07) is 0.886. The van der Waals surface area contributed by atoms with Gasteiger partial charge in [0, 0.05) is 10.7 Å². The summed E-state index contributed by atoms with van der Waals surface area (Å²) in [4.78, 5) is -0.791. The Morgan fingerprint density at radius 1 is 1.15 bits per heavy atom. The summed E-state index contributed by atoms with van der Waals surface area (Å²) in [5, 5.41) is 0. The van der Waals surface area contributed by atoms with Crippen molar-refractivity contribution in [2.75, 3.05) is 10.5 Å². The number of halogens is 3. The highest BCUT2D eigenvalue weighted by Crippen LogP contribution is 2.26. The molecule has 0 aliphatic heterocycles. The lowest BCUT2D eigenvalue weighted by Gasteiger charge is -2.12. The Morgan fingerprint density at radius 3 is 1.95 bits per heavy atom. The molecular formula is C10H12ClF2NO4S2. The Hall–Kier alpha value is -0.930. The molecule has 0 aromatic heterocycles. The van der Waals surface area contributed by atoms with Crippen LogP contribution in [0.4, 0.5) is 14.5 Å². The Labute approximate surface area is 120 Å². The molecule has 0 saturated heterocycles. The van der Waals surface area contributed by atoms with E-state index in [0.717, 1.165) is 0 Å². The van der Waals surface area contributed by atoms with Gasteiger partial charge in [-0.1, -0.05) is 13.8 Å². The van der Waals surface area contributed by atoms with E-state index in [-0.39, 0.29) is 11.7 Å². The van der Waals surface area contributed by atoms with Crippen LogP contribution in [0.3, 0.4) is 0 Å². The van der Waals surface area contributed by atoms with Crippen LogP contribution in [0.5, 0.6) is 0 Å². The van der Waals surface area contributed by atoms with Gasteiger partial charge in [0.2, 0.25) is 10.0 Å². The Bertz CT molecular complexity index is 694. The van der Waals surface area contributed by atoms with E-state index < -0.39 is 41.3 Å². The molecule has 0 heterocycles. The van der Waals surface area contributed by atoms with E-state index in [9.17, 15) is 25.6 Å². The first kappa shape index (κ1) is 17.1. The van der Waals surface area contributed by atoms with Gasteiger partial charge in [-0.25, -0.2) is 25.6 Å². The molecule has 10 heteroatoms. The highest BCUT2D eigenvalue weighted by molar-refractivity contribution is 8.13. The van der Waals surface area contributed by atoms with Crippen LogP contribution in [0.15, 0.2) is 17.0 Å². The molecular weight excluding hydrogens is 336 g/mol. The average molecular weight is 348 g/mol. The van der Waals surface area contributed by atoms with Gasteiger partial charge in [0.1, 0.15) is 5.69 Å². The minimum absolute atomic E-state index is 0.249. The number of hydrogen-bond acceptors (Lipinski definition) is 4. The molecule has 0 radical (unpaired) electrons. The van der Waals surface area contributed by atoms with Crippen LogP contribution < -0.4 is 4.72 Å². The van der Waals surface area contributed by atoms with Crippen LogP contribution in [0.1, 0.15) is 13.8 Å². The molecule has 0 atom stereocenters. The van der Waals surface area contributed by atoms with E-state index in [1.807, 2.05) is 0 Å². The smallest absolute Gasteiger partial charge is 0.261 e. The molecule has 20 heavy (non-hydrogen) atoms. The largest absolute Gasteiger partial charge is 0.278 e. The highest BCUT2D eigenvalue weighted by atomic mass is 35.7. The zero-order valence-electron chi connectivity index (χ0n) is 10.5. The molecule has 0 unspecified atom stereocenters. The molecule has 1 N–H and O–H groups in total. The number of sulfonamides is 1. The van der Waals surface area contributed by atoms with Crippen molar-refractivity contribution < 1.29 is 25.6 Å². The van der Waals surface area contributed by atoms with Crippen molar-refractivity contribution in [2.45, 2.75) is 18.7 Å². The van der Waals surface area contributed by atoms with Crippen LogP contribution in [0.2, 0.25) is 0 Å². The first-order chi connectivity index (χ1) is 8.92. The second-order valence-electron chi connectivity index (χ2n) is 4.48. The first-order valence-corrected chi connectivity index (χ1v) is 9.33. The van der Waals surface area contributed by atoms with Gasteiger partial charge in [0.25, 0.3) is 9.05 Å². The maximum absolute atomic E-state index is 13.6. The maximum atomic E-state index is 13.6. The van der Waals surface area contributed by atoms with Gasteiger partial charge in [-0.05, 0) is 18.1 Å². The van der Waals surface area contributed by atoms with Gasteiger partial charge >= 0.3 is 0 Å². The van der Waals surface area contributed by atoms with Crippen LogP contribution in [0.25, 0.3) is 0 Å². The summed E-state index contributed by atoms with van der Waals surface area (Å²) in [6.45, 7) is 3.24. The van der Waals surface area contributed by atoms with E-state index in [2.05, 4.69) is 0 Å². The molecule has 0 fully saturated rings. The number of anilines is 1. The fraction of sp³-hybridized carbons (Fsp3) is 0.400. The molecule has 0 aliphatic carbocycles. The topological polar surface area (TPSA) is 80.3 Å². The monoisotopic (exact) mass is 347 g/mol. The summed E-state index contributed by atoms with van der Waals surface area (Å²) in [7, 11) is -3.29. The predicted molar refractivity (Wildman–Crippen MR) is 71.6 cm³/mol. The van der Waals surface area contributed by atoms with E-state index in [1.165, 1.54) is 0 Å². The second-order valence-corrected chi connectivity index (χ2v) is 8.81. The molecule has 1 aromatic carbocycles. The summed E-state index contributed by atoms with van der Waals surface area (Å²) in [5.41, 5.74) is -0.935. The minimum Gasteiger partial charge on any atom is -0.278 e. The summed E-state index contributed by atoms with van der Waals surface area (Å²) < 4.78 is 74.1. The van der Waals surface area contributed by atoms with E-state index >= 15 is 0 Å². The molecule has 1 aromatic rings. The normalized spacial score (nSPS) is 12.7. The third-order valence-corrected chi connectivity index (χ3v) is 5.06. The van der Waals surface area contributed by atoms with Crippen molar-refractivity contribution in [2.24, 2.45) is 5.92 Å². The molecule has 0 aliphatic rings. The number of nitrogens with one attached hydrogen (secondary N) is 1. The first-order valence-electron chi connectivity index (χ1n) is 5.36. The molecule has 0 amide bonds. The van der Waals surface area contributed by atoms with E-state index in [4.69, 9.17) is 10.7 Å². The standard InChI is InChI=1S/C10H12ClF2NO4S2/c1-6(2)5-19(15,16)14-10-8(12)3-7(4-9(10)13)20(11,17)18/h3-4,6,14H,5H2,1-2H3. The number of benzene rings is 1. The number of rotatable bonds is 5. The Morgan fingerprint density at radius 2 is 1.60 bits per heavy atom. The van der Waals surface area contributed by atoms with Gasteiger partial charge in [-0.15, -0.1) is 0 Å². The summed E-state index contributed by atoms with van der Waals surface area (Å²) in [5.74, 6) is -3.31. The highest BCUT2D eigenvalue weighted by Gasteiger charge is 2.22. The molecule has 0 spiro atoms. The molecule has 0 saturated carbocycles. The quantitative estimate of drug-likeness (QED) is 0.829. The third kappa shape index (κ3) is 4.57. The SMILES string of the molecule is CC(C)CS(=O)(=O)Nc1c(F)cc(S(=O)(=O)Cl)cc1F. The van der Waals surface area contributed by atoms with Gasteiger partial charge in [-0.2, -0.15) is 0 Å². The maximum Gasteiger partial charge on any atom is 0.261 e. The lowest BCUT2D eigenvalue weighted by Crippen LogP contribution is -2.21. The summed E-state index contributed by atoms with van der Waals surface area (Å²) in [6.07, 6.45) is 0. The van der Waals surface area contributed by atoms with Crippen molar-refractivity contribution in [1.82, 2.24) is 0 Å². The fourth-order valence-corrected chi connectivity index (χ4v) is 3.65. The van der Waals surface area contributed by atoms with E-state index in [0.29, 0.717) is 12.1 Å². The Kier molecular flexibility index (Phi) is 4.99. The van der Waals surface area contributed by atoms with Gasteiger partial charge < -0.3 is 0 Å². The van der Waals surface area contributed by atoms with Crippen molar-refractivity contribution in [3.8, 4) is 0 Å². The second kappa shape index (κ2) is 5.82. The van der Waals surface area contributed by atoms with Gasteiger partial charge in [-0.3, -0.25) is 4.72 Å². The van der Waals surface area contributed by atoms with Gasteiger partial charge in [0.05, 0.1) is 10.6 Å². The van der Waals surface area contributed by atoms with Crippen molar-refractivity contribution in [1.29, 1.82) is 0 Å². The average Bonchev–Trinajstić information content (AvgIpc) is 2.19. The lowest BCUT2D eigenvalue weighted by atomic mass is 10.3. The molecule has 114 valence electrons. The van der Waals surface area contributed by atoms with Crippen LogP contribution in [-0.4, -0.2) is 22.6 Å². The zero-order valence-corrected chi connectivity index (χ0v) is 12.9. The van der Waals surface area contributed by atoms with E-state index in [1.54, 1.807) is 18.6 Å². The zero-order chi connectivity index (χ0) is 15.7. The van der Waals surface area contributed by atoms with Crippen molar-refractivity contribution in [3.63, 3.8) is 0 Å². The third-order valence-electron chi connectivity index (χ3n) is 2.11. The van der Waals surface area contributed by atoms with Crippen molar-refractivity contribution >= 4 is 35.4 Å². The molecule has 0 bridgehead atoms. The number of hydrogen-bond donors (Lipinski definition) is 1. The molecule has 1 rings (SSSR count). The van der Waals surface area contributed by atoms with Crippen LogP contribution >= 0.6 is 10.7 Å². The fourth-order valence-electron chi connectivity index (χ4n) is 1.42. The van der Waals surface area contributed by atoms with Crippen molar-refractivity contribution in [3.05, 3.63) is 23.8 Å². The summed E-state index contributed by atoms with van der Waals surface area (Å²) >= 11 is 0. The lowest BCUT2D eigenvalue weighted by molar-refractivity contribution is 0.570.